The van der Waals surface area contributed by atoms with E-state index in [2.05, 4.69) is 36.8 Å². The molecular formula is C18H30N6O. The minimum atomic E-state index is 0.306. The molecule has 2 saturated heterocycles. The minimum Gasteiger partial charge on any atom is -0.342 e. The molecule has 0 unspecified atom stereocenters. The van der Waals surface area contributed by atoms with Crippen molar-refractivity contribution in [3.8, 4) is 0 Å². The summed E-state index contributed by atoms with van der Waals surface area (Å²) in [6, 6.07) is 0. The molecule has 0 aliphatic carbocycles. The molecule has 25 heavy (non-hydrogen) atoms. The van der Waals surface area contributed by atoms with E-state index in [4.69, 9.17) is 0 Å². The van der Waals surface area contributed by atoms with E-state index in [-0.39, 0.29) is 0 Å². The average molecular weight is 346 g/mol. The Balaban J connectivity index is 1.29. The first-order valence-electron chi connectivity index (χ1n) is 9.83. The van der Waals surface area contributed by atoms with Gasteiger partial charge in [-0.25, -0.2) is 0 Å². The predicted octanol–water partition coefficient (Wildman–Crippen LogP) is 0.819. The Morgan fingerprint density at radius 3 is 2.60 bits per heavy atom. The molecule has 0 bridgehead atoms. The first-order chi connectivity index (χ1) is 12.2. The summed E-state index contributed by atoms with van der Waals surface area (Å²) in [4.78, 5) is 17.0. The van der Waals surface area contributed by atoms with Crippen LogP contribution in [0.25, 0.3) is 0 Å². The fourth-order valence-corrected chi connectivity index (χ4v) is 4.32. The average Bonchev–Trinajstić information content (AvgIpc) is 3.08. The quantitative estimate of drug-likeness (QED) is 0.878. The van der Waals surface area contributed by atoms with Gasteiger partial charge in [0, 0.05) is 32.1 Å². The van der Waals surface area contributed by atoms with Gasteiger partial charge in [0.15, 0.2) is 0 Å². The molecule has 1 aromatic rings. The van der Waals surface area contributed by atoms with E-state index in [0.717, 1.165) is 76.2 Å². The Morgan fingerprint density at radius 2 is 1.84 bits per heavy atom. The first-order valence-corrected chi connectivity index (χ1v) is 9.83. The normalized spacial score (nSPS) is 23.6. The van der Waals surface area contributed by atoms with Crippen LogP contribution in [0.5, 0.6) is 0 Å². The maximum absolute atomic E-state index is 12.6. The lowest BCUT2D eigenvalue weighted by Crippen LogP contribution is -2.46. The molecule has 0 saturated carbocycles. The Kier molecular flexibility index (Phi) is 5.03. The highest BCUT2D eigenvalue weighted by Gasteiger charge is 2.29. The largest absolute Gasteiger partial charge is 0.342 e. The molecule has 0 aromatic carbocycles. The molecular weight excluding hydrogens is 316 g/mol. The van der Waals surface area contributed by atoms with Crippen LogP contribution in [0.3, 0.4) is 0 Å². The molecule has 4 heterocycles. The number of carbonyl (C=O) groups is 1. The monoisotopic (exact) mass is 346 g/mol. The summed E-state index contributed by atoms with van der Waals surface area (Å²) in [5.74, 6) is 3.75. The van der Waals surface area contributed by atoms with E-state index in [1.165, 1.54) is 12.8 Å². The maximum Gasteiger partial charge on any atom is 0.236 e. The number of rotatable bonds is 3. The minimum absolute atomic E-state index is 0.306. The standard InChI is InChI=1S/C18H30N6O/c1-14-2-7-22(8-3-14)13-17(25)23-9-4-15(5-10-23)18-21-20-16-12-19-6-11-24(16)18/h14-15,19H,2-13H2,1H3. The van der Waals surface area contributed by atoms with Gasteiger partial charge in [-0.1, -0.05) is 6.92 Å². The van der Waals surface area contributed by atoms with Gasteiger partial charge in [-0.15, -0.1) is 10.2 Å². The number of amides is 1. The second kappa shape index (κ2) is 7.41. The first kappa shape index (κ1) is 17.0. The number of piperidine rings is 2. The van der Waals surface area contributed by atoms with Gasteiger partial charge in [-0.2, -0.15) is 0 Å². The number of nitrogens with zero attached hydrogens (tertiary/aromatic N) is 5. The third-order valence-corrected chi connectivity index (χ3v) is 6.10. The summed E-state index contributed by atoms with van der Waals surface area (Å²) >= 11 is 0. The van der Waals surface area contributed by atoms with Crippen molar-refractivity contribution in [2.45, 2.75) is 51.6 Å². The van der Waals surface area contributed by atoms with Crippen molar-refractivity contribution in [1.29, 1.82) is 0 Å². The van der Waals surface area contributed by atoms with Gasteiger partial charge in [0.2, 0.25) is 5.91 Å². The van der Waals surface area contributed by atoms with Gasteiger partial charge in [0.05, 0.1) is 13.1 Å². The topological polar surface area (TPSA) is 66.3 Å². The number of fused-ring (bicyclic) bond motifs is 1. The number of hydrogen-bond donors (Lipinski definition) is 1. The number of likely N-dealkylation sites (tertiary alicyclic amines) is 2. The molecule has 1 amide bonds. The molecule has 1 aromatic heterocycles. The van der Waals surface area contributed by atoms with Crippen LogP contribution in [-0.4, -0.2) is 69.7 Å². The molecule has 0 spiro atoms. The molecule has 0 atom stereocenters. The molecule has 4 rings (SSSR count). The summed E-state index contributed by atoms with van der Waals surface area (Å²) in [5.41, 5.74) is 0. The smallest absolute Gasteiger partial charge is 0.236 e. The molecule has 1 N–H and O–H groups in total. The SMILES string of the molecule is CC1CCN(CC(=O)N2CCC(c3nnc4n3CCNC4)CC2)CC1. The van der Waals surface area contributed by atoms with Crippen LogP contribution < -0.4 is 5.32 Å². The zero-order chi connectivity index (χ0) is 17.2. The summed E-state index contributed by atoms with van der Waals surface area (Å²) < 4.78 is 2.29. The van der Waals surface area contributed by atoms with Crippen molar-refractivity contribution in [1.82, 2.24) is 29.9 Å². The summed E-state index contributed by atoms with van der Waals surface area (Å²) in [7, 11) is 0. The lowest BCUT2D eigenvalue weighted by Gasteiger charge is -2.35. The maximum atomic E-state index is 12.6. The van der Waals surface area contributed by atoms with Crippen molar-refractivity contribution >= 4 is 5.91 Å². The third kappa shape index (κ3) is 3.72. The van der Waals surface area contributed by atoms with Crippen molar-refractivity contribution in [2.75, 3.05) is 39.3 Å². The Labute approximate surface area is 149 Å². The van der Waals surface area contributed by atoms with Gasteiger partial charge >= 0.3 is 0 Å². The lowest BCUT2D eigenvalue weighted by molar-refractivity contribution is -0.133. The van der Waals surface area contributed by atoms with Crippen molar-refractivity contribution in [3.05, 3.63) is 11.6 Å². The van der Waals surface area contributed by atoms with E-state index in [1.807, 2.05) is 0 Å². The summed E-state index contributed by atoms with van der Waals surface area (Å²) in [6.45, 7) is 9.54. The van der Waals surface area contributed by atoms with Crippen LogP contribution in [0.4, 0.5) is 0 Å². The van der Waals surface area contributed by atoms with E-state index in [1.54, 1.807) is 0 Å². The number of aromatic nitrogens is 3. The highest BCUT2D eigenvalue weighted by Crippen LogP contribution is 2.28. The molecule has 7 heteroatoms. The highest BCUT2D eigenvalue weighted by atomic mass is 16.2. The van der Waals surface area contributed by atoms with E-state index in [9.17, 15) is 4.79 Å². The number of carbonyl (C=O) groups excluding carboxylic acids is 1. The lowest BCUT2D eigenvalue weighted by atomic mass is 9.95. The Bertz CT molecular complexity index is 599. The van der Waals surface area contributed by atoms with Crippen LogP contribution in [0.1, 0.15) is 50.2 Å². The van der Waals surface area contributed by atoms with Gasteiger partial charge in [-0.3, -0.25) is 9.69 Å². The predicted molar refractivity (Wildman–Crippen MR) is 95.1 cm³/mol. The number of hydrogen-bond acceptors (Lipinski definition) is 5. The molecule has 7 nitrogen and oxygen atoms in total. The molecule has 0 radical (unpaired) electrons. The zero-order valence-electron chi connectivity index (χ0n) is 15.3. The van der Waals surface area contributed by atoms with E-state index < -0.39 is 0 Å². The molecule has 2 fully saturated rings. The fraction of sp³-hybridized carbons (Fsp3) is 0.833. The highest BCUT2D eigenvalue weighted by molar-refractivity contribution is 5.78. The fourth-order valence-electron chi connectivity index (χ4n) is 4.32. The molecule has 3 aliphatic heterocycles. The van der Waals surface area contributed by atoms with Crippen LogP contribution in [0.15, 0.2) is 0 Å². The molecule has 3 aliphatic rings. The molecule has 138 valence electrons. The van der Waals surface area contributed by atoms with Crippen molar-refractivity contribution < 1.29 is 4.79 Å². The zero-order valence-corrected chi connectivity index (χ0v) is 15.3. The van der Waals surface area contributed by atoms with Gasteiger partial charge in [0.1, 0.15) is 11.6 Å². The third-order valence-electron chi connectivity index (χ3n) is 6.10. The second-order valence-electron chi connectivity index (χ2n) is 7.92. The number of nitrogens with one attached hydrogen (secondary N) is 1. The van der Waals surface area contributed by atoms with E-state index in [0.29, 0.717) is 18.4 Å². The van der Waals surface area contributed by atoms with Crippen LogP contribution >= 0.6 is 0 Å². The summed E-state index contributed by atoms with van der Waals surface area (Å²) in [6.07, 6.45) is 4.47. The van der Waals surface area contributed by atoms with Crippen molar-refractivity contribution in [2.24, 2.45) is 5.92 Å². The van der Waals surface area contributed by atoms with Gasteiger partial charge in [-0.05, 0) is 44.7 Å². The van der Waals surface area contributed by atoms with Crippen LogP contribution in [-0.2, 0) is 17.9 Å². The van der Waals surface area contributed by atoms with Gasteiger partial charge in [0.25, 0.3) is 0 Å². The summed E-state index contributed by atoms with van der Waals surface area (Å²) in [5, 5.41) is 12.1. The van der Waals surface area contributed by atoms with Crippen LogP contribution in [0.2, 0.25) is 0 Å². The van der Waals surface area contributed by atoms with Crippen molar-refractivity contribution in [3.63, 3.8) is 0 Å². The van der Waals surface area contributed by atoms with Crippen LogP contribution in [0, 0.1) is 5.92 Å². The van der Waals surface area contributed by atoms with Gasteiger partial charge < -0.3 is 14.8 Å². The van der Waals surface area contributed by atoms with E-state index >= 15 is 0 Å². The Hall–Kier alpha value is -1.47. The second-order valence-corrected chi connectivity index (χ2v) is 7.92. The Morgan fingerprint density at radius 1 is 1.08 bits per heavy atom.